The van der Waals surface area contributed by atoms with Crippen LogP contribution in [0.15, 0.2) is 4.42 Å². The zero-order chi connectivity index (χ0) is 13.3. The number of nitrogens with one attached hydrogen (secondary N) is 1. The van der Waals surface area contributed by atoms with Crippen LogP contribution in [0.4, 0.5) is 0 Å². The molecule has 0 aromatic carbocycles. The molecule has 1 amide bonds. The average molecular weight is 252 g/mol. The van der Waals surface area contributed by atoms with E-state index in [0.717, 1.165) is 6.42 Å². The molecule has 0 atom stereocenters. The van der Waals surface area contributed by atoms with E-state index < -0.39 is 17.3 Å². The molecule has 2 rings (SSSR count). The molecule has 0 spiro atoms. The predicted octanol–water partition coefficient (Wildman–Crippen LogP) is 1.28. The van der Waals surface area contributed by atoms with Gasteiger partial charge in [0, 0.05) is 13.5 Å². The van der Waals surface area contributed by atoms with Gasteiger partial charge in [0.2, 0.25) is 5.76 Å². The van der Waals surface area contributed by atoms with Crippen molar-refractivity contribution in [2.24, 2.45) is 5.41 Å². The van der Waals surface area contributed by atoms with Crippen molar-refractivity contribution in [3.05, 3.63) is 17.3 Å². The number of rotatable bonds is 4. The fraction of sp³-hybridized carbons (Fsp3) is 0.583. The van der Waals surface area contributed by atoms with Crippen molar-refractivity contribution in [3.8, 4) is 0 Å². The van der Waals surface area contributed by atoms with Gasteiger partial charge in [-0.05, 0) is 19.8 Å². The van der Waals surface area contributed by atoms with Crippen LogP contribution in [0.2, 0.25) is 0 Å². The van der Waals surface area contributed by atoms with E-state index in [1.54, 1.807) is 13.8 Å². The molecule has 1 saturated carbocycles. The number of carbonyl (C=O) groups excluding carboxylic acids is 1. The van der Waals surface area contributed by atoms with Crippen LogP contribution < -0.4 is 5.32 Å². The molecular weight excluding hydrogens is 236 g/mol. The van der Waals surface area contributed by atoms with Gasteiger partial charge in [-0.15, -0.1) is 0 Å². The normalized spacial score (nSPS) is 17.0. The lowest BCUT2D eigenvalue weighted by molar-refractivity contribution is -0.153. The maximum absolute atomic E-state index is 11.9. The zero-order valence-electron chi connectivity index (χ0n) is 10.4. The molecule has 2 N–H and O–H groups in total. The molecule has 0 bridgehead atoms. The summed E-state index contributed by atoms with van der Waals surface area (Å²) in [6, 6.07) is 0. The standard InChI is InChI=1S/C12H16N2O4/c1-7-9(18-8(2)14-7)10(15)13-6-12(11(16)17)4-3-5-12/h3-6H2,1-2H3,(H,13,15)(H,16,17). The second-order valence-corrected chi connectivity index (χ2v) is 4.77. The number of hydrogen-bond acceptors (Lipinski definition) is 4. The monoisotopic (exact) mass is 252 g/mol. The maximum Gasteiger partial charge on any atom is 0.311 e. The molecule has 18 heavy (non-hydrogen) atoms. The molecule has 0 aliphatic heterocycles. The van der Waals surface area contributed by atoms with E-state index in [9.17, 15) is 9.59 Å². The topological polar surface area (TPSA) is 92.4 Å². The second-order valence-electron chi connectivity index (χ2n) is 4.77. The van der Waals surface area contributed by atoms with E-state index in [4.69, 9.17) is 9.52 Å². The first-order valence-electron chi connectivity index (χ1n) is 5.90. The van der Waals surface area contributed by atoms with Crippen LogP contribution in [0, 0.1) is 19.3 Å². The Morgan fingerprint density at radius 2 is 2.11 bits per heavy atom. The molecular formula is C12H16N2O4. The van der Waals surface area contributed by atoms with E-state index in [-0.39, 0.29) is 12.3 Å². The van der Waals surface area contributed by atoms with Crippen LogP contribution in [0.1, 0.15) is 41.4 Å². The van der Waals surface area contributed by atoms with E-state index in [1.165, 1.54) is 0 Å². The van der Waals surface area contributed by atoms with E-state index in [1.807, 2.05) is 0 Å². The second kappa shape index (κ2) is 4.44. The number of hydrogen-bond donors (Lipinski definition) is 2. The van der Waals surface area contributed by atoms with Crippen LogP contribution in [0.25, 0.3) is 0 Å². The number of aliphatic carboxylic acids is 1. The van der Waals surface area contributed by atoms with Crippen molar-refractivity contribution in [2.45, 2.75) is 33.1 Å². The number of carbonyl (C=O) groups is 2. The summed E-state index contributed by atoms with van der Waals surface area (Å²) in [7, 11) is 0. The Morgan fingerprint density at radius 3 is 2.50 bits per heavy atom. The van der Waals surface area contributed by atoms with Gasteiger partial charge in [0.25, 0.3) is 5.91 Å². The maximum atomic E-state index is 11.9. The number of aryl methyl sites for hydroxylation is 2. The third-order valence-electron chi connectivity index (χ3n) is 3.46. The van der Waals surface area contributed by atoms with E-state index in [0.29, 0.717) is 24.4 Å². The lowest BCUT2D eigenvalue weighted by Crippen LogP contribution is -2.47. The molecule has 98 valence electrons. The molecule has 0 unspecified atom stereocenters. The molecule has 1 fully saturated rings. The highest BCUT2D eigenvalue weighted by Gasteiger charge is 2.44. The Bertz CT molecular complexity index is 488. The largest absolute Gasteiger partial charge is 0.481 e. The predicted molar refractivity (Wildman–Crippen MR) is 62.2 cm³/mol. The van der Waals surface area contributed by atoms with Crippen molar-refractivity contribution in [2.75, 3.05) is 6.54 Å². The first kappa shape index (κ1) is 12.6. The number of amides is 1. The first-order valence-corrected chi connectivity index (χ1v) is 5.90. The molecule has 0 radical (unpaired) electrons. The van der Waals surface area contributed by atoms with Gasteiger partial charge in [0.05, 0.1) is 11.1 Å². The molecule has 1 heterocycles. The summed E-state index contributed by atoms with van der Waals surface area (Å²) < 4.78 is 5.18. The zero-order valence-corrected chi connectivity index (χ0v) is 10.4. The van der Waals surface area contributed by atoms with Crippen molar-refractivity contribution in [1.29, 1.82) is 0 Å². The quantitative estimate of drug-likeness (QED) is 0.842. The molecule has 1 aliphatic carbocycles. The van der Waals surface area contributed by atoms with Crippen LogP contribution >= 0.6 is 0 Å². The number of oxazole rings is 1. The molecule has 6 heteroatoms. The van der Waals surface area contributed by atoms with Gasteiger partial charge < -0.3 is 14.8 Å². The Hall–Kier alpha value is -1.85. The van der Waals surface area contributed by atoms with Crippen molar-refractivity contribution < 1.29 is 19.1 Å². The summed E-state index contributed by atoms with van der Waals surface area (Å²) in [5, 5.41) is 11.8. The highest BCUT2D eigenvalue weighted by molar-refractivity contribution is 5.92. The minimum atomic E-state index is -0.848. The third kappa shape index (κ3) is 2.10. The summed E-state index contributed by atoms with van der Waals surface area (Å²) in [5.74, 6) is -0.665. The van der Waals surface area contributed by atoms with Gasteiger partial charge in [0.1, 0.15) is 0 Å². The highest BCUT2D eigenvalue weighted by Crippen LogP contribution is 2.40. The average Bonchev–Trinajstić information content (AvgIpc) is 2.55. The Labute approximate surface area is 104 Å². The van der Waals surface area contributed by atoms with Gasteiger partial charge in [-0.2, -0.15) is 0 Å². The SMILES string of the molecule is Cc1nc(C)c(C(=O)NCC2(C(=O)O)CCC2)o1. The summed E-state index contributed by atoms with van der Waals surface area (Å²) in [6.45, 7) is 3.48. The minimum absolute atomic E-state index is 0.139. The fourth-order valence-electron chi connectivity index (χ4n) is 2.14. The lowest BCUT2D eigenvalue weighted by atomic mass is 9.69. The summed E-state index contributed by atoms with van der Waals surface area (Å²) in [6.07, 6.45) is 2.11. The summed E-state index contributed by atoms with van der Waals surface area (Å²) in [5.41, 5.74) is -0.276. The lowest BCUT2D eigenvalue weighted by Gasteiger charge is -2.37. The smallest absolute Gasteiger partial charge is 0.311 e. The van der Waals surface area contributed by atoms with Gasteiger partial charge in [-0.1, -0.05) is 6.42 Å². The Kier molecular flexibility index (Phi) is 3.11. The van der Waals surface area contributed by atoms with Crippen LogP contribution in [0.5, 0.6) is 0 Å². The number of carboxylic acids is 1. The minimum Gasteiger partial charge on any atom is -0.481 e. The van der Waals surface area contributed by atoms with Gasteiger partial charge in [-0.3, -0.25) is 9.59 Å². The van der Waals surface area contributed by atoms with Crippen molar-refractivity contribution in [1.82, 2.24) is 10.3 Å². The van der Waals surface area contributed by atoms with E-state index >= 15 is 0 Å². The number of aromatic nitrogens is 1. The summed E-state index contributed by atoms with van der Waals surface area (Å²) in [4.78, 5) is 27.0. The molecule has 0 saturated heterocycles. The summed E-state index contributed by atoms with van der Waals surface area (Å²) >= 11 is 0. The molecule has 1 aromatic rings. The van der Waals surface area contributed by atoms with Gasteiger partial charge in [-0.25, -0.2) is 4.98 Å². The van der Waals surface area contributed by atoms with Crippen LogP contribution in [0.3, 0.4) is 0 Å². The van der Waals surface area contributed by atoms with Crippen LogP contribution in [-0.2, 0) is 4.79 Å². The van der Waals surface area contributed by atoms with Gasteiger partial charge in [0.15, 0.2) is 5.89 Å². The Balaban J connectivity index is 2.00. The number of carboxylic acid groups (broad SMARTS) is 1. The van der Waals surface area contributed by atoms with Crippen molar-refractivity contribution >= 4 is 11.9 Å². The third-order valence-corrected chi connectivity index (χ3v) is 3.46. The Morgan fingerprint density at radius 1 is 1.44 bits per heavy atom. The fourth-order valence-corrected chi connectivity index (χ4v) is 2.14. The first-order chi connectivity index (χ1) is 8.44. The highest BCUT2D eigenvalue weighted by atomic mass is 16.4. The van der Waals surface area contributed by atoms with Crippen molar-refractivity contribution in [3.63, 3.8) is 0 Å². The molecule has 6 nitrogen and oxygen atoms in total. The molecule has 1 aromatic heterocycles. The van der Waals surface area contributed by atoms with E-state index in [2.05, 4.69) is 10.3 Å². The van der Waals surface area contributed by atoms with Crippen LogP contribution in [-0.4, -0.2) is 28.5 Å². The molecule has 1 aliphatic rings. The van der Waals surface area contributed by atoms with Gasteiger partial charge >= 0.3 is 5.97 Å². The number of nitrogens with zero attached hydrogens (tertiary/aromatic N) is 1.